The molecule has 8 nitrogen and oxygen atoms in total. The Morgan fingerprint density at radius 1 is 1.28 bits per heavy atom. The Labute approximate surface area is 213 Å². The topological polar surface area (TPSA) is 93.9 Å². The maximum Gasteiger partial charge on any atom is 0.264 e. The van der Waals surface area contributed by atoms with Gasteiger partial charge in [0.2, 0.25) is 0 Å². The molecule has 1 aliphatic heterocycles. The summed E-state index contributed by atoms with van der Waals surface area (Å²) in [5.41, 5.74) is 1.83. The van der Waals surface area contributed by atoms with Crippen molar-refractivity contribution in [3.63, 3.8) is 0 Å². The van der Waals surface area contributed by atoms with E-state index in [1.54, 1.807) is 32.4 Å². The van der Waals surface area contributed by atoms with Crippen LogP contribution in [0.25, 0.3) is 21.2 Å². The van der Waals surface area contributed by atoms with Crippen molar-refractivity contribution in [3.8, 4) is 11.5 Å². The Bertz CT molecular complexity index is 1440. The van der Waals surface area contributed by atoms with Gasteiger partial charge in [-0.05, 0) is 37.5 Å². The summed E-state index contributed by atoms with van der Waals surface area (Å²) in [7, 11) is 1.68. The number of benzene rings is 1. The maximum atomic E-state index is 13.0. The predicted molar refractivity (Wildman–Crippen MR) is 139 cm³/mol. The number of thiophene rings is 1. The Hall–Kier alpha value is -3.43. The van der Waals surface area contributed by atoms with Crippen LogP contribution in [0.2, 0.25) is 0 Å². The highest BCUT2D eigenvalue weighted by Gasteiger charge is 2.28. The molecule has 2 amide bonds. The smallest absolute Gasteiger partial charge is 0.264 e. The Kier molecular flexibility index (Phi) is 6.68. The van der Waals surface area contributed by atoms with Gasteiger partial charge in [-0.3, -0.25) is 14.6 Å². The number of carbonyl (C=O) groups excluding carboxylic acids is 2. The van der Waals surface area contributed by atoms with E-state index in [1.165, 1.54) is 11.3 Å². The summed E-state index contributed by atoms with van der Waals surface area (Å²) in [6, 6.07) is 9.04. The number of rotatable bonds is 7. The van der Waals surface area contributed by atoms with E-state index in [4.69, 9.17) is 13.9 Å². The number of aryl methyl sites for hydroxylation is 1. The summed E-state index contributed by atoms with van der Waals surface area (Å²) in [6.07, 6.45) is 2.60. The van der Waals surface area contributed by atoms with Crippen molar-refractivity contribution in [3.05, 3.63) is 52.7 Å². The minimum atomic E-state index is -0.143. The highest BCUT2D eigenvalue weighted by atomic mass is 32.1. The van der Waals surface area contributed by atoms with Gasteiger partial charge < -0.3 is 24.1 Å². The van der Waals surface area contributed by atoms with E-state index >= 15 is 0 Å². The van der Waals surface area contributed by atoms with Crippen molar-refractivity contribution in [2.45, 2.75) is 33.3 Å². The third-order valence-electron chi connectivity index (χ3n) is 6.32. The second kappa shape index (κ2) is 9.91. The summed E-state index contributed by atoms with van der Waals surface area (Å²) in [5, 5.41) is 3.70. The van der Waals surface area contributed by atoms with Gasteiger partial charge in [0.05, 0.1) is 26.8 Å². The van der Waals surface area contributed by atoms with E-state index in [0.29, 0.717) is 64.4 Å². The molecule has 0 saturated carbocycles. The fourth-order valence-electron chi connectivity index (χ4n) is 4.42. The first-order chi connectivity index (χ1) is 17.3. The molecule has 5 rings (SSSR count). The van der Waals surface area contributed by atoms with E-state index in [1.807, 2.05) is 23.1 Å². The molecule has 0 aliphatic carbocycles. The van der Waals surface area contributed by atoms with Gasteiger partial charge in [0, 0.05) is 50.5 Å². The normalized spacial score (nSPS) is 15.8. The van der Waals surface area contributed by atoms with Crippen molar-refractivity contribution in [2.24, 2.45) is 5.92 Å². The molecule has 1 aliphatic rings. The molecular weight excluding hydrogens is 478 g/mol. The quantitative estimate of drug-likeness (QED) is 0.360. The van der Waals surface area contributed by atoms with Crippen molar-refractivity contribution >= 4 is 44.3 Å². The van der Waals surface area contributed by atoms with Crippen LogP contribution in [0.5, 0.6) is 11.5 Å². The average Bonchev–Trinajstić information content (AvgIpc) is 3.58. The molecule has 188 valence electrons. The van der Waals surface area contributed by atoms with Crippen molar-refractivity contribution < 1.29 is 23.5 Å². The van der Waals surface area contributed by atoms with Crippen LogP contribution < -0.4 is 10.1 Å². The Balaban J connectivity index is 1.39. The van der Waals surface area contributed by atoms with E-state index < -0.39 is 0 Å². The second-order valence-electron chi connectivity index (χ2n) is 9.43. The molecule has 4 heterocycles. The number of nitrogens with zero attached hydrogens (tertiary/aromatic N) is 2. The molecule has 1 unspecified atom stereocenters. The number of fused-ring (bicyclic) bond motifs is 2. The van der Waals surface area contributed by atoms with Crippen molar-refractivity contribution in [1.82, 2.24) is 15.2 Å². The number of aromatic nitrogens is 1. The SMILES string of the molecule is COC1CCN(C(=O)c2cc3nccc(Oc4ccc5c(C(=O)NCC(C)C)c(C)oc5c4)c3s2)C1. The molecule has 36 heavy (non-hydrogen) atoms. The van der Waals surface area contributed by atoms with Crippen LogP contribution in [-0.4, -0.2) is 54.5 Å². The van der Waals surface area contributed by atoms with Crippen LogP contribution in [0, 0.1) is 12.8 Å². The summed E-state index contributed by atoms with van der Waals surface area (Å²) in [5.74, 6) is 1.94. The predicted octanol–water partition coefficient (Wildman–Crippen LogP) is 5.39. The number of likely N-dealkylation sites (tertiary alicyclic amines) is 1. The number of furan rings is 1. The first-order valence-corrected chi connectivity index (χ1v) is 12.9. The molecule has 1 fully saturated rings. The van der Waals surface area contributed by atoms with Crippen molar-refractivity contribution in [1.29, 1.82) is 0 Å². The first kappa shape index (κ1) is 24.3. The standard InChI is InChI=1S/C27H29N3O5S/c1-15(2)13-29-26(31)24-16(3)34-22-11-17(5-6-19(22)24)35-21-7-9-28-20-12-23(36-25(20)21)27(32)30-10-8-18(14-30)33-4/h5-7,9,11-12,15,18H,8,10,13-14H2,1-4H3,(H,29,31). The van der Waals surface area contributed by atoms with Gasteiger partial charge in [-0.15, -0.1) is 11.3 Å². The van der Waals surface area contributed by atoms with Crippen LogP contribution in [0.4, 0.5) is 0 Å². The summed E-state index contributed by atoms with van der Waals surface area (Å²) >= 11 is 1.37. The molecule has 0 spiro atoms. The summed E-state index contributed by atoms with van der Waals surface area (Å²) in [6.45, 7) is 7.77. The van der Waals surface area contributed by atoms with Gasteiger partial charge in [-0.2, -0.15) is 0 Å². The van der Waals surface area contributed by atoms with Crippen LogP contribution in [0.3, 0.4) is 0 Å². The lowest BCUT2D eigenvalue weighted by atomic mass is 10.1. The molecule has 1 atom stereocenters. The largest absolute Gasteiger partial charge is 0.460 e. The third-order valence-corrected chi connectivity index (χ3v) is 7.44. The van der Waals surface area contributed by atoms with Crippen LogP contribution in [0.15, 0.2) is 40.9 Å². The van der Waals surface area contributed by atoms with E-state index in [9.17, 15) is 9.59 Å². The monoisotopic (exact) mass is 507 g/mol. The number of nitrogens with one attached hydrogen (secondary N) is 1. The minimum absolute atomic E-state index is 0.0146. The number of amides is 2. The molecule has 3 aromatic heterocycles. The Morgan fingerprint density at radius 2 is 2.11 bits per heavy atom. The van der Waals surface area contributed by atoms with Gasteiger partial charge in [-0.1, -0.05) is 13.8 Å². The summed E-state index contributed by atoms with van der Waals surface area (Å²) < 4.78 is 18.3. The van der Waals surface area contributed by atoms with Gasteiger partial charge in [0.15, 0.2) is 0 Å². The van der Waals surface area contributed by atoms with Crippen LogP contribution in [0.1, 0.15) is 46.1 Å². The lowest BCUT2D eigenvalue weighted by Crippen LogP contribution is -2.29. The van der Waals surface area contributed by atoms with E-state index in [-0.39, 0.29) is 17.9 Å². The lowest BCUT2D eigenvalue weighted by Gasteiger charge is -2.14. The molecule has 9 heteroatoms. The number of ether oxygens (including phenoxy) is 2. The molecule has 0 radical (unpaired) electrons. The maximum absolute atomic E-state index is 13.0. The fourth-order valence-corrected chi connectivity index (χ4v) is 5.45. The van der Waals surface area contributed by atoms with Gasteiger partial charge >= 0.3 is 0 Å². The lowest BCUT2D eigenvalue weighted by molar-refractivity contribution is 0.0728. The highest BCUT2D eigenvalue weighted by Crippen LogP contribution is 2.37. The number of hydrogen-bond acceptors (Lipinski definition) is 7. The number of methoxy groups -OCH3 is 1. The Morgan fingerprint density at radius 3 is 2.86 bits per heavy atom. The second-order valence-corrected chi connectivity index (χ2v) is 10.5. The van der Waals surface area contributed by atoms with Crippen molar-refractivity contribution in [2.75, 3.05) is 26.7 Å². The fraction of sp³-hybridized carbons (Fsp3) is 0.370. The molecule has 1 aromatic carbocycles. The highest BCUT2D eigenvalue weighted by molar-refractivity contribution is 7.21. The van der Waals surface area contributed by atoms with Crippen LogP contribution in [-0.2, 0) is 4.74 Å². The summed E-state index contributed by atoms with van der Waals surface area (Å²) in [4.78, 5) is 32.6. The third kappa shape index (κ3) is 4.68. The number of pyridine rings is 1. The molecule has 1 saturated heterocycles. The van der Waals surface area contributed by atoms with E-state index in [0.717, 1.165) is 16.5 Å². The van der Waals surface area contributed by atoms with Gasteiger partial charge in [0.1, 0.15) is 22.8 Å². The minimum Gasteiger partial charge on any atom is -0.460 e. The zero-order chi connectivity index (χ0) is 25.4. The van der Waals surface area contributed by atoms with Gasteiger partial charge in [0.25, 0.3) is 11.8 Å². The zero-order valence-corrected chi connectivity index (χ0v) is 21.6. The van der Waals surface area contributed by atoms with Gasteiger partial charge in [-0.25, -0.2) is 0 Å². The molecule has 4 aromatic rings. The van der Waals surface area contributed by atoms with Crippen LogP contribution >= 0.6 is 11.3 Å². The first-order valence-electron chi connectivity index (χ1n) is 12.0. The molecule has 0 bridgehead atoms. The average molecular weight is 508 g/mol. The number of carbonyl (C=O) groups is 2. The number of hydrogen-bond donors (Lipinski definition) is 1. The molecule has 1 N–H and O–H groups in total. The van der Waals surface area contributed by atoms with E-state index in [2.05, 4.69) is 24.1 Å². The molecular formula is C27H29N3O5S. The zero-order valence-electron chi connectivity index (χ0n) is 20.8.